The minimum Gasteiger partial charge on any atom is -0.508 e. The van der Waals surface area contributed by atoms with Gasteiger partial charge in [-0.25, -0.2) is 0 Å². The first-order valence-electron chi connectivity index (χ1n) is 5.36. The number of benzene rings is 1. The Hall–Kier alpha value is -2.56. The third kappa shape index (κ3) is 2.57. The molecule has 1 aromatic carbocycles. The highest BCUT2D eigenvalue weighted by molar-refractivity contribution is 6.00. The van der Waals surface area contributed by atoms with Crippen molar-refractivity contribution in [3.63, 3.8) is 0 Å². The molecule has 2 aromatic rings. The molecule has 18 heavy (non-hydrogen) atoms. The molecule has 0 fully saturated rings. The standard InChI is InChI=1S/C13H12N2O3/c16-11-5-3-4-10(8-11)12(14-18)9-15-7-2-1-6-13(15)17/h1-8,16,18H,9H2/b14-12-. The van der Waals surface area contributed by atoms with Crippen molar-refractivity contribution in [2.24, 2.45) is 5.16 Å². The van der Waals surface area contributed by atoms with Gasteiger partial charge in [-0.1, -0.05) is 23.4 Å². The van der Waals surface area contributed by atoms with Crippen LogP contribution in [0.2, 0.25) is 0 Å². The number of hydrogen-bond donors (Lipinski definition) is 2. The third-order valence-electron chi connectivity index (χ3n) is 2.52. The summed E-state index contributed by atoms with van der Waals surface area (Å²) in [6, 6.07) is 11.1. The number of oxime groups is 1. The summed E-state index contributed by atoms with van der Waals surface area (Å²) in [6.07, 6.45) is 1.61. The Morgan fingerprint density at radius 1 is 1.22 bits per heavy atom. The van der Waals surface area contributed by atoms with Crippen LogP contribution in [0, 0.1) is 0 Å². The van der Waals surface area contributed by atoms with E-state index in [9.17, 15) is 9.90 Å². The highest BCUT2D eigenvalue weighted by Crippen LogP contribution is 2.12. The van der Waals surface area contributed by atoms with Gasteiger partial charge in [0.2, 0.25) is 0 Å². The molecule has 0 aliphatic carbocycles. The Kier molecular flexibility index (Phi) is 3.43. The van der Waals surface area contributed by atoms with Crippen LogP contribution in [0.15, 0.2) is 58.6 Å². The van der Waals surface area contributed by atoms with Crippen LogP contribution in [0.4, 0.5) is 0 Å². The molecule has 0 unspecified atom stereocenters. The van der Waals surface area contributed by atoms with Crippen molar-refractivity contribution in [3.05, 3.63) is 64.6 Å². The van der Waals surface area contributed by atoms with Crippen molar-refractivity contribution >= 4 is 5.71 Å². The quantitative estimate of drug-likeness (QED) is 0.487. The maximum atomic E-state index is 11.5. The first-order chi connectivity index (χ1) is 8.70. The summed E-state index contributed by atoms with van der Waals surface area (Å²) in [5.74, 6) is 0.0778. The topological polar surface area (TPSA) is 74.8 Å². The Labute approximate surface area is 103 Å². The normalized spacial score (nSPS) is 11.4. The predicted octanol–water partition coefficient (Wildman–Crippen LogP) is 1.43. The van der Waals surface area contributed by atoms with Gasteiger partial charge >= 0.3 is 0 Å². The summed E-state index contributed by atoms with van der Waals surface area (Å²) in [7, 11) is 0. The summed E-state index contributed by atoms with van der Waals surface area (Å²) in [6.45, 7) is 0.139. The van der Waals surface area contributed by atoms with Gasteiger partial charge in [-0.2, -0.15) is 0 Å². The Balaban J connectivity index is 2.32. The van der Waals surface area contributed by atoms with Crippen LogP contribution >= 0.6 is 0 Å². The summed E-state index contributed by atoms with van der Waals surface area (Å²) >= 11 is 0. The molecule has 0 bridgehead atoms. The lowest BCUT2D eigenvalue weighted by atomic mass is 10.1. The SMILES string of the molecule is O=c1ccccn1C/C(=N/O)c1cccc(O)c1. The Morgan fingerprint density at radius 2 is 2.06 bits per heavy atom. The predicted molar refractivity (Wildman–Crippen MR) is 67.1 cm³/mol. The van der Waals surface area contributed by atoms with E-state index in [0.717, 1.165) is 0 Å². The van der Waals surface area contributed by atoms with Gasteiger partial charge in [0.25, 0.3) is 5.56 Å². The van der Waals surface area contributed by atoms with E-state index in [4.69, 9.17) is 5.21 Å². The van der Waals surface area contributed by atoms with Crippen molar-refractivity contribution in [3.8, 4) is 5.75 Å². The number of aromatic nitrogens is 1. The van der Waals surface area contributed by atoms with E-state index in [2.05, 4.69) is 5.16 Å². The van der Waals surface area contributed by atoms with Crippen molar-refractivity contribution in [2.45, 2.75) is 6.54 Å². The number of rotatable bonds is 3. The largest absolute Gasteiger partial charge is 0.508 e. The van der Waals surface area contributed by atoms with E-state index in [1.165, 1.54) is 22.8 Å². The van der Waals surface area contributed by atoms with Gasteiger partial charge in [0.1, 0.15) is 11.5 Å². The second kappa shape index (κ2) is 5.18. The average molecular weight is 244 g/mol. The minimum absolute atomic E-state index is 0.0778. The number of phenolic OH excluding ortho intramolecular Hbond substituents is 1. The van der Waals surface area contributed by atoms with Gasteiger partial charge in [-0.05, 0) is 18.2 Å². The lowest BCUT2D eigenvalue weighted by Crippen LogP contribution is -2.23. The molecule has 0 radical (unpaired) electrons. The average Bonchev–Trinajstić information content (AvgIpc) is 2.38. The molecule has 2 N–H and O–H groups in total. The fourth-order valence-electron chi connectivity index (χ4n) is 1.62. The van der Waals surface area contributed by atoms with Crippen molar-refractivity contribution in [1.82, 2.24) is 4.57 Å². The molecule has 2 rings (SSSR count). The van der Waals surface area contributed by atoms with E-state index in [-0.39, 0.29) is 17.9 Å². The molecule has 0 amide bonds. The zero-order chi connectivity index (χ0) is 13.0. The van der Waals surface area contributed by atoms with Gasteiger partial charge in [-0.3, -0.25) is 4.79 Å². The molecule has 92 valence electrons. The zero-order valence-corrected chi connectivity index (χ0v) is 9.52. The van der Waals surface area contributed by atoms with Crippen LogP contribution in [-0.4, -0.2) is 20.6 Å². The van der Waals surface area contributed by atoms with E-state index >= 15 is 0 Å². The van der Waals surface area contributed by atoms with Gasteiger partial charge < -0.3 is 14.9 Å². The van der Waals surface area contributed by atoms with Gasteiger partial charge in [0.15, 0.2) is 0 Å². The maximum Gasteiger partial charge on any atom is 0.250 e. The molecule has 0 saturated carbocycles. The maximum absolute atomic E-state index is 11.5. The second-order valence-corrected chi connectivity index (χ2v) is 3.76. The number of nitrogens with zero attached hydrogens (tertiary/aromatic N) is 2. The Bertz CT molecular complexity index is 632. The van der Waals surface area contributed by atoms with Crippen LogP contribution in [-0.2, 0) is 6.54 Å². The highest BCUT2D eigenvalue weighted by atomic mass is 16.4. The van der Waals surface area contributed by atoms with Crippen LogP contribution in [0.25, 0.3) is 0 Å². The fraction of sp³-hybridized carbons (Fsp3) is 0.0769. The van der Waals surface area contributed by atoms with Crippen LogP contribution < -0.4 is 5.56 Å². The van der Waals surface area contributed by atoms with E-state index in [1.54, 1.807) is 30.5 Å². The van der Waals surface area contributed by atoms with Crippen molar-refractivity contribution in [2.75, 3.05) is 0 Å². The summed E-state index contributed by atoms with van der Waals surface area (Å²) in [5, 5.41) is 21.6. The van der Waals surface area contributed by atoms with E-state index in [0.29, 0.717) is 11.3 Å². The first kappa shape index (κ1) is 11.9. The zero-order valence-electron chi connectivity index (χ0n) is 9.52. The number of aromatic hydroxyl groups is 1. The monoisotopic (exact) mass is 244 g/mol. The molecule has 5 heteroatoms. The van der Waals surface area contributed by atoms with Gasteiger partial charge in [-0.15, -0.1) is 0 Å². The second-order valence-electron chi connectivity index (χ2n) is 3.76. The molecule has 0 saturated heterocycles. The molecule has 5 nitrogen and oxygen atoms in total. The molecule has 0 spiro atoms. The molecule has 0 aliphatic heterocycles. The smallest absolute Gasteiger partial charge is 0.250 e. The van der Waals surface area contributed by atoms with Gasteiger partial charge in [0.05, 0.1) is 6.54 Å². The molecule has 0 aliphatic rings. The van der Waals surface area contributed by atoms with Gasteiger partial charge in [0, 0.05) is 17.8 Å². The molecular formula is C13H12N2O3. The third-order valence-corrected chi connectivity index (χ3v) is 2.52. The lowest BCUT2D eigenvalue weighted by molar-refractivity contribution is 0.317. The van der Waals surface area contributed by atoms with E-state index in [1.807, 2.05) is 0 Å². The van der Waals surface area contributed by atoms with E-state index < -0.39 is 0 Å². The van der Waals surface area contributed by atoms with Crippen LogP contribution in [0.5, 0.6) is 5.75 Å². The van der Waals surface area contributed by atoms with Crippen molar-refractivity contribution in [1.29, 1.82) is 0 Å². The number of pyridine rings is 1. The first-order valence-corrected chi connectivity index (χ1v) is 5.36. The lowest BCUT2D eigenvalue weighted by Gasteiger charge is -2.07. The summed E-state index contributed by atoms with van der Waals surface area (Å²) < 4.78 is 1.42. The molecule has 0 atom stereocenters. The molecule has 1 aromatic heterocycles. The summed E-state index contributed by atoms with van der Waals surface area (Å²) in [4.78, 5) is 11.5. The summed E-state index contributed by atoms with van der Waals surface area (Å²) in [5.41, 5.74) is 0.686. The minimum atomic E-state index is -0.182. The molecular weight excluding hydrogens is 232 g/mol. The molecule has 1 heterocycles. The highest BCUT2D eigenvalue weighted by Gasteiger charge is 2.07. The van der Waals surface area contributed by atoms with Crippen molar-refractivity contribution < 1.29 is 10.3 Å². The fourth-order valence-corrected chi connectivity index (χ4v) is 1.62. The number of hydrogen-bond acceptors (Lipinski definition) is 4. The number of phenols is 1. The van der Waals surface area contributed by atoms with Crippen LogP contribution in [0.3, 0.4) is 0 Å². The Morgan fingerprint density at radius 3 is 2.72 bits per heavy atom. The van der Waals surface area contributed by atoms with Crippen LogP contribution in [0.1, 0.15) is 5.56 Å².